The minimum Gasteiger partial charge on any atom is -0.376 e. The Morgan fingerprint density at radius 2 is 1.91 bits per heavy atom. The predicted molar refractivity (Wildman–Crippen MR) is 140 cm³/mol. The van der Waals surface area contributed by atoms with Crippen LogP contribution in [0.1, 0.15) is 31.2 Å². The number of aromatic nitrogens is 2. The minimum absolute atomic E-state index is 0.00415. The van der Waals surface area contributed by atoms with Crippen molar-refractivity contribution in [1.82, 2.24) is 9.55 Å². The van der Waals surface area contributed by atoms with Crippen LogP contribution in [-0.4, -0.2) is 41.4 Å². The van der Waals surface area contributed by atoms with Crippen LogP contribution in [0.5, 0.6) is 0 Å². The maximum atomic E-state index is 13.7. The summed E-state index contributed by atoms with van der Waals surface area (Å²) in [6.07, 6.45) is 1.74. The van der Waals surface area contributed by atoms with Crippen LogP contribution in [0, 0.1) is 12.3 Å². The van der Waals surface area contributed by atoms with Crippen molar-refractivity contribution in [3.8, 4) is 5.69 Å². The van der Waals surface area contributed by atoms with E-state index in [1.165, 1.54) is 4.57 Å². The van der Waals surface area contributed by atoms with Crippen LogP contribution in [0.3, 0.4) is 0 Å². The van der Waals surface area contributed by atoms with Gasteiger partial charge < -0.3 is 15.4 Å². The molecular formula is C21H26Cl2N4O2S3. The van der Waals surface area contributed by atoms with Gasteiger partial charge in [0.05, 0.1) is 34.0 Å². The Balaban J connectivity index is 1.78. The molecule has 2 N–H and O–H groups in total. The number of benzene rings is 1. The topological polar surface area (TPSA) is 73.4 Å². The molecular weight excluding hydrogens is 507 g/mol. The van der Waals surface area contributed by atoms with Crippen molar-refractivity contribution in [1.29, 1.82) is 0 Å². The molecule has 3 heterocycles. The summed E-state index contributed by atoms with van der Waals surface area (Å²) in [5.74, 6) is 1.00. The van der Waals surface area contributed by atoms with Gasteiger partial charge >= 0.3 is 0 Å². The largest absolute Gasteiger partial charge is 0.376 e. The van der Waals surface area contributed by atoms with E-state index >= 15 is 0 Å². The molecule has 1 aromatic heterocycles. The molecule has 6 nitrogen and oxygen atoms in total. The lowest BCUT2D eigenvalue weighted by atomic mass is 9.73. The number of hydrogen-bond acceptors (Lipinski definition) is 8. The SMILES string of the molecule is Cc1nc(N2CCC3(CC2)CO[C@@H](C)[C@H]3N)c(C(S)(S)S)c(=O)n1-c1cccc(Cl)c1Cl. The molecule has 0 radical (unpaired) electrons. The van der Waals surface area contributed by atoms with E-state index in [1.807, 2.05) is 6.92 Å². The number of nitrogens with zero attached hydrogens (tertiary/aromatic N) is 3. The van der Waals surface area contributed by atoms with Gasteiger partial charge in [0.2, 0.25) is 0 Å². The summed E-state index contributed by atoms with van der Waals surface area (Å²) in [6.45, 7) is 5.82. The third kappa shape index (κ3) is 4.19. The first-order chi connectivity index (χ1) is 15.0. The smallest absolute Gasteiger partial charge is 0.266 e. The van der Waals surface area contributed by atoms with Crippen molar-refractivity contribution in [2.75, 3.05) is 24.6 Å². The predicted octanol–water partition coefficient (Wildman–Crippen LogP) is 4.08. The molecule has 0 bridgehead atoms. The molecule has 4 rings (SSSR count). The minimum atomic E-state index is -1.32. The van der Waals surface area contributed by atoms with Crippen LogP contribution < -0.4 is 16.2 Å². The number of nitrogens with two attached hydrogens (primary N) is 1. The molecule has 32 heavy (non-hydrogen) atoms. The number of halogens is 2. The summed E-state index contributed by atoms with van der Waals surface area (Å²) in [6, 6.07) is 5.11. The average Bonchev–Trinajstić information content (AvgIpc) is 2.99. The van der Waals surface area contributed by atoms with E-state index in [4.69, 9.17) is 38.7 Å². The van der Waals surface area contributed by atoms with Crippen LogP contribution in [0.25, 0.3) is 5.69 Å². The zero-order chi connectivity index (χ0) is 23.4. The molecule has 2 aromatic rings. The second-order valence-electron chi connectivity index (χ2n) is 8.60. The van der Waals surface area contributed by atoms with Crippen LogP contribution in [0.15, 0.2) is 23.0 Å². The second kappa shape index (κ2) is 8.91. The molecule has 2 atom stereocenters. The number of thiol groups is 3. The summed E-state index contributed by atoms with van der Waals surface area (Å²) in [5.41, 5.74) is 6.78. The second-order valence-corrected chi connectivity index (χ2v) is 12.5. The van der Waals surface area contributed by atoms with Gasteiger partial charge in [-0.05, 0) is 38.8 Å². The maximum Gasteiger partial charge on any atom is 0.266 e. The third-order valence-electron chi connectivity index (χ3n) is 6.64. The number of rotatable bonds is 3. The number of ether oxygens (including phenoxy) is 1. The van der Waals surface area contributed by atoms with Crippen LogP contribution in [-0.2, 0) is 8.15 Å². The highest BCUT2D eigenvalue weighted by molar-refractivity contribution is 8.15. The summed E-state index contributed by atoms with van der Waals surface area (Å²) in [5, 5.41) is 0.618. The fraction of sp³-hybridized carbons (Fsp3) is 0.524. The van der Waals surface area contributed by atoms with Gasteiger partial charge in [0.25, 0.3) is 5.56 Å². The van der Waals surface area contributed by atoms with Gasteiger partial charge in [-0.15, -0.1) is 37.9 Å². The molecule has 0 saturated carbocycles. The lowest BCUT2D eigenvalue weighted by Gasteiger charge is -2.42. The first-order valence-corrected chi connectivity index (χ1v) is 12.4. The van der Waals surface area contributed by atoms with Gasteiger partial charge in [-0.25, -0.2) is 4.98 Å². The van der Waals surface area contributed by atoms with Crippen molar-refractivity contribution in [2.45, 2.75) is 42.2 Å². The molecule has 0 unspecified atom stereocenters. The fourth-order valence-corrected chi connectivity index (χ4v) is 5.69. The van der Waals surface area contributed by atoms with Crippen molar-refractivity contribution < 1.29 is 4.74 Å². The first-order valence-electron chi connectivity index (χ1n) is 10.3. The normalized spacial score (nSPS) is 23.2. The number of anilines is 1. The van der Waals surface area contributed by atoms with Gasteiger partial charge in [0, 0.05) is 24.5 Å². The molecule has 2 aliphatic rings. The standard InChI is InChI=1S/C21H26Cl2N4O2S3/c1-11-17(24)20(10-29-11)6-8-26(9-7-20)18-15(21(30,31)32)19(28)27(12(2)25-18)14-5-3-4-13(22)16(14)23/h3-5,11,17,30-32H,6-10,24H2,1-2H3/t11-,17+/m0/s1. The van der Waals surface area contributed by atoms with Crippen LogP contribution in [0.2, 0.25) is 10.0 Å². The average molecular weight is 534 g/mol. The Kier molecular flexibility index (Phi) is 6.84. The molecule has 11 heteroatoms. The molecule has 2 saturated heterocycles. The molecule has 1 spiro atoms. The van der Waals surface area contributed by atoms with Gasteiger partial charge in [-0.3, -0.25) is 9.36 Å². The number of piperidine rings is 1. The highest BCUT2D eigenvalue weighted by atomic mass is 35.5. The van der Waals surface area contributed by atoms with Gasteiger partial charge in [-0.1, -0.05) is 29.3 Å². The molecule has 1 aromatic carbocycles. The number of aryl methyl sites for hydroxylation is 1. The monoisotopic (exact) mass is 532 g/mol. The Morgan fingerprint density at radius 1 is 1.25 bits per heavy atom. The Labute approximate surface area is 214 Å². The summed E-state index contributed by atoms with van der Waals surface area (Å²) in [4.78, 5) is 20.6. The van der Waals surface area contributed by atoms with Crippen molar-refractivity contribution >= 4 is 66.9 Å². The maximum absolute atomic E-state index is 13.7. The van der Waals surface area contributed by atoms with Gasteiger partial charge in [-0.2, -0.15) is 0 Å². The molecule has 2 aliphatic heterocycles. The van der Waals surface area contributed by atoms with Crippen LogP contribution in [0.4, 0.5) is 5.82 Å². The van der Waals surface area contributed by atoms with E-state index in [0.29, 0.717) is 42.0 Å². The van der Waals surface area contributed by atoms with Crippen molar-refractivity contribution in [3.63, 3.8) is 0 Å². The van der Waals surface area contributed by atoms with Crippen molar-refractivity contribution in [3.05, 3.63) is 50.0 Å². The van der Waals surface area contributed by atoms with Crippen molar-refractivity contribution in [2.24, 2.45) is 11.1 Å². The van der Waals surface area contributed by atoms with E-state index in [-0.39, 0.29) is 33.7 Å². The Hall–Kier alpha value is -0.550. The van der Waals surface area contributed by atoms with E-state index in [0.717, 1.165) is 12.8 Å². The number of hydrogen-bond donors (Lipinski definition) is 4. The first kappa shape index (κ1) is 24.6. The molecule has 0 amide bonds. The summed E-state index contributed by atoms with van der Waals surface area (Å²) in [7, 11) is 0. The van der Waals surface area contributed by atoms with E-state index in [1.54, 1.807) is 25.1 Å². The Morgan fingerprint density at radius 3 is 2.47 bits per heavy atom. The van der Waals surface area contributed by atoms with Gasteiger partial charge in [0.15, 0.2) is 0 Å². The summed E-state index contributed by atoms with van der Waals surface area (Å²) < 4.78 is 5.93. The quantitative estimate of drug-likeness (QED) is 0.354. The van der Waals surface area contributed by atoms with Gasteiger partial charge in [0.1, 0.15) is 15.1 Å². The van der Waals surface area contributed by atoms with E-state index in [9.17, 15) is 4.79 Å². The molecule has 174 valence electrons. The van der Waals surface area contributed by atoms with E-state index < -0.39 is 3.41 Å². The lowest BCUT2D eigenvalue weighted by molar-refractivity contribution is 0.0974. The zero-order valence-corrected chi connectivity index (χ0v) is 22.0. The zero-order valence-electron chi connectivity index (χ0n) is 17.8. The Bertz CT molecular complexity index is 1100. The lowest BCUT2D eigenvalue weighted by Crippen LogP contribution is -2.51. The summed E-state index contributed by atoms with van der Waals surface area (Å²) >= 11 is 26.1. The molecule has 0 aliphatic carbocycles. The fourth-order valence-electron chi connectivity index (χ4n) is 4.72. The van der Waals surface area contributed by atoms with E-state index in [2.05, 4.69) is 42.8 Å². The van der Waals surface area contributed by atoms with Crippen LogP contribution >= 0.6 is 61.1 Å². The highest BCUT2D eigenvalue weighted by Gasteiger charge is 2.48. The molecule has 2 fully saturated rings. The third-order valence-corrected chi connectivity index (χ3v) is 8.12. The highest BCUT2D eigenvalue weighted by Crippen LogP contribution is 2.44.